The zero-order valence-corrected chi connectivity index (χ0v) is 15.3. The number of aromatic nitrogens is 2. The molecule has 7 heteroatoms. The van der Waals surface area contributed by atoms with Crippen molar-refractivity contribution in [3.05, 3.63) is 46.7 Å². The van der Waals surface area contributed by atoms with E-state index in [9.17, 15) is 9.59 Å². The Morgan fingerprint density at radius 3 is 2.85 bits per heavy atom. The molecule has 4 rings (SSSR count). The number of ether oxygens (including phenoxy) is 1. The first-order valence-electron chi connectivity index (χ1n) is 8.77. The molecule has 136 valence electrons. The van der Waals surface area contributed by atoms with Crippen molar-refractivity contribution in [2.24, 2.45) is 7.05 Å². The Labute approximate surface area is 156 Å². The van der Waals surface area contributed by atoms with Gasteiger partial charge in [0.1, 0.15) is 11.4 Å². The lowest BCUT2D eigenvalue weighted by Gasteiger charge is -2.37. The highest BCUT2D eigenvalue weighted by Gasteiger charge is 2.42. The Bertz CT molecular complexity index is 879. The summed E-state index contributed by atoms with van der Waals surface area (Å²) in [7, 11) is 1.74. The number of carbonyl (C=O) groups is 2. The number of ketones is 1. The van der Waals surface area contributed by atoms with E-state index in [4.69, 9.17) is 16.3 Å². The van der Waals surface area contributed by atoms with E-state index >= 15 is 0 Å². The zero-order valence-electron chi connectivity index (χ0n) is 14.6. The van der Waals surface area contributed by atoms with E-state index in [1.807, 2.05) is 18.2 Å². The van der Waals surface area contributed by atoms with Crippen LogP contribution in [-0.2, 0) is 7.05 Å². The number of fused-ring (bicyclic) bond motifs is 1. The minimum absolute atomic E-state index is 0.111. The lowest BCUT2D eigenvalue weighted by Crippen LogP contribution is -2.43. The van der Waals surface area contributed by atoms with E-state index in [0.29, 0.717) is 42.3 Å². The zero-order chi connectivity index (χ0) is 18.3. The summed E-state index contributed by atoms with van der Waals surface area (Å²) in [5.74, 6) is 0.589. The first-order valence-corrected chi connectivity index (χ1v) is 9.15. The number of para-hydroxylation sites is 1. The molecule has 0 saturated carbocycles. The summed E-state index contributed by atoms with van der Waals surface area (Å²) in [6.07, 6.45) is 4.10. The van der Waals surface area contributed by atoms with Crippen LogP contribution >= 0.6 is 11.6 Å². The molecular weight excluding hydrogens is 354 g/mol. The van der Waals surface area contributed by atoms with Crippen LogP contribution in [0.2, 0.25) is 5.02 Å². The SMILES string of the molecule is Cn1cc(Cl)c(C(=O)N2CCCC3(CC2)CC(=O)c2ccccc2O3)n1. The van der Waals surface area contributed by atoms with Crippen LogP contribution in [0.4, 0.5) is 0 Å². The predicted octanol–water partition coefficient (Wildman–Crippen LogP) is 3.10. The van der Waals surface area contributed by atoms with Gasteiger partial charge in [0, 0.05) is 32.8 Å². The molecule has 1 atom stereocenters. The van der Waals surface area contributed by atoms with E-state index in [1.54, 1.807) is 24.2 Å². The molecule has 3 heterocycles. The second-order valence-electron chi connectivity index (χ2n) is 7.03. The molecule has 1 unspecified atom stereocenters. The van der Waals surface area contributed by atoms with Gasteiger partial charge in [-0.15, -0.1) is 0 Å². The molecule has 1 aromatic carbocycles. The Morgan fingerprint density at radius 2 is 2.08 bits per heavy atom. The van der Waals surface area contributed by atoms with Gasteiger partial charge in [-0.1, -0.05) is 23.7 Å². The molecule has 2 aliphatic rings. The molecule has 1 fully saturated rings. The number of hydrogen-bond donors (Lipinski definition) is 0. The molecule has 1 aromatic heterocycles. The number of hydrogen-bond acceptors (Lipinski definition) is 4. The minimum atomic E-state index is -0.533. The maximum Gasteiger partial charge on any atom is 0.275 e. The van der Waals surface area contributed by atoms with Crippen LogP contribution < -0.4 is 4.74 Å². The highest BCUT2D eigenvalue weighted by atomic mass is 35.5. The Hall–Kier alpha value is -2.34. The number of nitrogens with zero attached hydrogens (tertiary/aromatic N) is 3. The van der Waals surface area contributed by atoms with Crippen molar-refractivity contribution in [1.82, 2.24) is 14.7 Å². The van der Waals surface area contributed by atoms with Gasteiger partial charge in [-0.2, -0.15) is 5.10 Å². The first-order chi connectivity index (χ1) is 12.5. The summed E-state index contributed by atoms with van der Waals surface area (Å²) in [5.41, 5.74) is 0.389. The van der Waals surface area contributed by atoms with Crippen molar-refractivity contribution in [1.29, 1.82) is 0 Å². The molecule has 1 spiro atoms. The fourth-order valence-corrected chi connectivity index (χ4v) is 4.11. The number of carbonyl (C=O) groups excluding carboxylic acids is 2. The third-order valence-electron chi connectivity index (χ3n) is 5.17. The predicted molar refractivity (Wildman–Crippen MR) is 96.7 cm³/mol. The van der Waals surface area contributed by atoms with Crippen LogP contribution in [0.3, 0.4) is 0 Å². The molecule has 0 bridgehead atoms. The Morgan fingerprint density at radius 1 is 1.27 bits per heavy atom. The van der Waals surface area contributed by atoms with Gasteiger partial charge >= 0.3 is 0 Å². The molecule has 26 heavy (non-hydrogen) atoms. The van der Waals surface area contributed by atoms with Gasteiger partial charge in [0.2, 0.25) is 0 Å². The van der Waals surface area contributed by atoms with E-state index in [0.717, 1.165) is 12.8 Å². The van der Waals surface area contributed by atoms with Gasteiger partial charge in [0.25, 0.3) is 5.91 Å². The minimum Gasteiger partial charge on any atom is -0.486 e. The molecule has 0 N–H and O–H groups in total. The van der Waals surface area contributed by atoms with Crippen LogP contribution in [0.1, 0.15) is 46.5 Å². The Balaban J connectivity index is 1.53. The number of likely N-dealkylation sites (tertiary alicyclic amines) is 1. The van der Waals surface area contributed by atoms with Crippen molar-refractivity contribution in [3.8, 4) is 5.75 Å². The number of Topliss-reactive ketones (excluding diaryl/α,β-unsaturated/α-hetero) is 1. The number of amides is 1. The third kappa shape index (κ3) is 2.98. The Kier molecular flexibility index (Phi) is 4.23. The average molecular weight is 374 g/mol. The van der Waals surface area contributed by atoms with Crippen molar-refractivity contribution in [3.63, 3.8) is 0 Å². The summed E-state index contributed by atoms with van der Waals surface area (Å²) < 4.78 is 7.80. The van der Waals surface area contributed by atoms with Crippen molar-refractivity contribution in [2.45, 2.75) is 31.3 Å². The van der Waals surface area contributed by atoms with Crippen molar-refractivity contribution >= 4 is 23.3 Å². The summed E-state index contributed by atoms with van der Waals surface area (Å²) in [5, 5.41) is 4.53. The molecule has 2 aromatic rings. The molecule has 0 aliphatic carbocycles. The molecule has 6 nitrogen and oxygen atoms in total. The molecule has 0 radical (unpaired) electrons. The topological polar surface area (TPSA) is 64.4 Å². The van der Waals surface area contributed by atoms with Crippen molar-refractivity contribution in [2.75, 3.05) is 13.1 Å². The molecular formula is C19H20ClN3O3. The van der Waals surface area contributed by atoms with Crippen LogP contribution in [0.15, 0.2) is 30.5 Å². The molecule has 2 aliphatic heterocycles. The van der Waals surface area contributed by atoms with E-state index in [1.165, 1.54) is 4.68 Å². The summed E-state index contributed by atoms with van der Waals surface area (Å²) >= 11 is 6.12. The van der Waals surface area contributed by atoms with E-state index in [2.05, 4.69) is 5.10 Å². The number of rotatable bonds is 1. The highest BCUT2D eigenvalue weighted by Crippen LogP contribution is 2.39. The van der Waals surface area contributed by atoms with E-state index in [-0.39, 0.29) is 17.4 Å². The smallest absolute Gasteiger partial charge is 0.275 e. The van der Waals surface area contributed by atoms with Gasteiger partial charge in [0.05, 0.1) is 17.0 Å². The van der Waals surface area contributed by atoms with Crippen LogP contribution in [-0.4, -0.2) is 45.1 Å². The quantitative estimate of drug-likeness (QED) is 0.770. The fraction of sp³-hybridized carbons (Fsp3) is 0.421. The summed E-state index contributed by atoms with van der Waals surface area (Å²) in [6, 6.07) is 7.37. The normalized spacial score (nSPS) is 22.7. The molecule has 1 amide bonds. The lowest BCUT2D eigenvalue weighted by atomic mass is 9.84. The van der Waals surface area contributed by atoms with Gasteiger partial charge in [-0.05, 0) is 25.0 Å². The number of halogens is 1. The number of aryl methyl sites for hydroxylation is 1. The second kappa shape index (κ2) is 6.43. The first kappa shape index (κ1) is 17.1. The summed E-state index contributed by atoms with van der Waals surface area (Å²) in [6.45, 7) is 1.12. The monoisotopic (exact) mass is 373 g/mol. The fourth-order valence-electron chi connectivity index (χ4n) is 3.85. The summed E-state index contributed by atoms with van der Waals surface area (Å²) in [4.78, 5) is 27.1. The van der Waals surface area contributed by atoms with Crippen LogP contribution in [0.5, 0.6) is 5.75 Å². The standard InChI is InChI=1S/C19H20ClN3O3/c1-22-12-14(20)17(21-22)18(25)23-9-4-7-19(8-10-23)11-15(24)13-5-2-3-6-16(13)26-19/h2-3,5-6,12H,4,7-11H2,1H3. The van der Waals surface area contributed by atoms with Gasteiger partial charge in [-0.25, -0.2) is 0 Å². The maximum atomic E-state index is 12.8. The van der Waals surface area contributed by atoms with Crippen molar-refractivity contribution < 1.29 is 14.3 Å². The van der Waals surface area contributed by atoms with Gasteiger partial charge in [-0.3, -0.25) is 14.3 Å². The largest absolute Gasteiger partial charge is 0.486 e. The highest BCUT2D eigenvalue weighted by molar-refractivity contribution is 6.33. The van der Waals surface area contributed by atoms with Gasteiger partial charge < -0.3 is 9.64 Å². The van der Waals surface area contributed by atoms with E-state index < -0.39 is 5.60 Å². The maximum absolute atomic E-state index is 12.8. The average Bonchev–Trinajstić information content (AvgIpc) is 2.83. The third-order valence-corrected chi connectivity index (χ3v) is 5.44. The second-order valence-corrected chi connectivity index (χ2v) is 7.43. The lowest BCUT2D eigenvalue weighted by molar-refractivity contribution is 0.0300. The van der Waals surface area contributed by atoms with Crippen LogP contribution in [0, 0.1) is 0 Å². The van der Waals surface area contributed by atoms with Crippen LogP contribution in [0.25, 0.3) is 0 Å². The van der Waals surface area contributed by atoms with Gasteiger partial charge in [0.15, 0.2) is 11.5 Å². The number of benzene rings is 1. The molecule has 1 saturated heterocycles.